The summed E-state index contributed by atoms with van der Waals surface area (Å²) in [6, 6.07) is 3.90. The number of amides is 1. The van der Waals surface area contributed by atoms with Crippen LogP contribution in [-0.4, -0.2) is 33.1 Å². The van der Waals surface area contributed by atoms with Crippen molar-refractivity contribution < 1.29 is 14.5 Å². The fourth-order valence-electron chi connectivity index (χ4n) is 1.55. The van der Waals surface area contributed by atoms with Crippen molar-refractivity contribution in [1.82, 2.24) is 20.5 Å². The third-order valence-corrected chi connectivity index (χ3v) is 2.52. The lowest BCUT2D eigenvalue weighted by Gasteiger charge is -2.06. The molecule has 0 saturated heterocycles. The summed E-state index contributed by atoms with van der Waals surface area (Å²) in [5.74, 6) is 0.143. The zero-order valence-corrected chi connectivity index (χ0v) is 10.5. The lowest BCUT2D eigenvalue weighted by atomic mass is 10.1. The van der Waals surface area contributed by atoms with Crippen molar-refractivity contribution in [3.63, 3.8) is 0 Å². The first kappa shape index (κ1) is 13.5. The third-order valence-electron chi connectivity index (χ3n) is 2.52. The van der Waals surface area contributed by atoms with E-state index in [1.807, 2.05) is 0 Å². The Morgan fingerprint density at radius 2 is 2.35 bits per heavy atom. The minimum Gasteiger partial charge on any atom is -0.490 e. The van der Waals surface area contributed by atoms with Crippen LogP contribution in [-0.2, 0) is 6.54 Å². The molecule has 1 heterocycles. The van der Waals surface area contributed by atoms with E-state index in [4.69, 9.17) is 4.74 Å². The number of rotatable bonds is 5. The van der Waals surface area contributed by atoms with Gasteiger partial charge in [-0.1, -0.05) is 0 Å². The molecular formula is C11H11N5O4. The highest BCUT2D eigenvalue weighted by molar-refractivity contribution is 5.95. The van der Waals surface area contributed by atoms with E-state index in [2.05, 4.69) is 20.5 Å². The second kappa shape index (κ2) is 5.78. The zero-order valence-electron chi connectivity index (χ0n) is 10.5. The summed E-state index contributed by atoms with van der Waals surface area (Å²) < 4.78 is 4.90. The van der Waals surface area contributed by atoms with Gasteiger partial charge in [0, 0.05) is 17.7 Å². The molecule has 9 nitrogen and oxygen atoms in total. The lowest BCUT2D eigenvalue weighted by molar-refractivity contribution is -0.385. The maximum atomic E-state index is 11.9. The summed E-state index contributed by atoms with van der Waals surface area (Å²) in [5, 5.41) is 19.6. The first-order valence-corrected chi connectivity index (χ1v) is 5.56. The minimum absolute atomic E-state index is 0.0299. The maximum absolute atomic E-state index is 11.9. The van der Waals surface area contributed by atoms with E-state index in [9.17, 15) is 14.9 Å². The van der Waals surface area contributed by atoms with Gasteiger partial charge in [-0.15, -0.1) is 0 Å². The summed E-state index contributed by atoms with van der Waals surface area (Å²) in [6.07, 6.45) is 1.33. The number of methoxy groups -OCH3 is 1. The number of nitrogens with one attached hydrogen (secondary N) is 2. The molecule has 0 saturated carbocycles. The summed E-state index contributed by atoms with van der Waals surface area (Å²) in [5.41, 5.74) is 0.0613. The van der Waals surface area contributed by atoms with Crippen molar-refractivity contribution in [2.75, 3.05) is 7.11 Å². The van der Waals surface area contributed by atoms with Crippen LogP contribution in [0.2, 0.25) is 0 Å². The van der Waals surface area contributed by atoms with Crippen LogP contribution in [0.25, 0.3) is 0 Å². The van der Waals surface area contributed by atoms with Gasteiger partial charge in [0.15, 0.2) is 5.75 Å². The van der Waals surface area contributed by atoms with Gasteiger partial charge in [0.2, 0.25) is 0 Å². The monoisotopic (exact) mass is 277 g/mol. The molecule has 9 heteroatoms. The van der Waals surface area contributed by atoms with E-state index in [1.54, 1.807) is 0 Å². The molecule has 20 heavy (non-hydrogen) atoms. The molecule has 0 bridgehead atoms. The number of carbonyl (C=O) groups excluding carboxylic acids is 1. The fraction of sp³-hybridized carbons (Fsp3) is 0.182. The van der Waals surface area contributed by atoms with Crippen LogP contribution in [0.1, 0.15) is 16.2 Å². The van der Waals surface area contributed by atoms with Gasteiger partial charge in [0.1, 0.15) is 12.2 Å². The SMILES string of the molecule is COc1cc(C(=O)NCc2ncn[nH]2)ccc1[N+](=O)[O-]. The van der Waals surface area contributed by atoms with Gasteiger partial charge in [-0.05, 0) is 6.07 Å². The lowest BCUT2D eigenvalue weighted by Crippen LogP contribution is -2.23. The summed E-state index contributed by atoms with van der Waals surface area (Å²) >= 11 is 0. The number of ether oxygens (including phenoxy) is 1. The zero-order chi connectivity index (χ0) is 14.5. The average Bonchev–Trinajstić information content (AvgIpc) is 2.97. The Bertz CT molecular complexity index is 626. The molecule has 0 spiro atoms. The second-order valence-electron chi connectivity index (χ2n) is 3.76. The van der Waals surface area contributed by atoms with E-state index in [0.717, 1.165) is 0 Å². The molecule has 2 N–H and O–H groups in total. The van der Waals surface area contributed by atoms with E-state index < -0.39 is 10.8 Å². The first-order chi connectivity index (χ1) is 9.61. The number of nitrogens with zero attached hydrogens (tertiary/aromatic N) is 3. The standard InChI is InChI=1S/C11H11N5O4/c1-20-9-4-7(2-3-8(9)16(18)19)11(17)12-5-10-13-6-14-15-10/h2-4,6H,5H2,1H3,(H,12,17)(H,13,14,15). The van der Waals surface area contributed by atoms with Crippen molar-refractivity contribution >= 4 is 11.6 Å². The van der Waals surface area contributed by atoms with Crippen LogP contribution in [0, 0.1) is 10.1 Å². The number of aromatic amines is 1. The van der Waals surface area contributed by atoms with Crippen LogP contribution in [0.4, 0.5) is 5.69 Å². The molecule has 0 unspecified atom stereocenters. The van der Waals surface area contributed by atoms with Gasteiger partial charge < -0.3 is 10.1 Å². The van der Waals surface area contributed by atoms with Gasteiger partial charge in [-0.2, -0.15) is 5.10 Å². The highest BCUT2D eigenvalue weighted by Gasteiger charge is 2.17. The Morgan fingerprint density at radius 3 is 2.95 bits per heavy atom. The van der Waals surface area contributed by atoms with Crippen LogP contribution in [0.5, 0.6) is 5.75 Å². The van der Waals surface area contributed by atoms with Crippen LogP contribution >= 0.6 is 0 Å². The van der Waals surface area contributed by atoms with E-state index >= 15 is 0 Å². The summed E-state index contributed by atoms with van der Waals surface area (Å²) in [4.78, 5) is 25.9. The van der Waals surface area contributed by atoms with Crippen LogP contribution < -0.4 is 10.1 Å². The van der Waals surface area contributed by atoms with Crippen molar-refractivity contribution in [3.05, 3.63) is 46.0 Å². The smallest absolute Gasteiger partial charge is 0.310 e. The number of H-pyrrole nitrogens is 1. The second-order valence-corrected chi connectivity index (χ2v) is 3.76. The largest absolute Gasteiger partial charge is 0.490 e. The highest BCUT2D eigenvalue weighted by atomic mass is 16.6. The van der Waals surface area contributed by atoms with Crippen molar-refractivity contribution in [2.45, 2.75) is 6.54 Å². The molecule has 1 aromatic heterocycles. The quantitative estimate of drug-likeness (QED) is 0.611. The Hall–Kier alpha value is -2.97. The first-order valence-electron chi connectivity index (χ1n) is 5.56. The predicted octanol–water partition coefficient (Wildman–Crippen LogP) is 0.651. The summed E-state index contributed by atoms with van der Waals surface area (Å²) in [7, 11) is 1.30. The summed E-state index contributed by atoms with van der Waals surface area (Å²) in [6.45, 7) is 0.179. The van der Waals surface area contributed by atoms with E-state index in [-0.39, 0.29) is 23.5 Å². The van der Waals surface area contributed by atoms with Gasteiger partial charge in [-0.3, -0.25) is 20.0 Å². The third kappa shape index (κ3) is 2.88. The Morgan fingerprint density at radius 1 is 1.55 bits per heavy atom. The molecule has 104 valence electrons. The number of carbonyl (C=O) groups is 1. The maximum Gasteiger partial charge on any atom is 0.310 e. The van der Waals surface area contributed by atoms with Crippen LogP contribution in [0.3, 0.4) is 0 Å². The molecule has 0 aliphatic rings. The molecule has 0 radical (unpaired) electrons. The van der Waals surface area contributed by atoms with Gasteiger partial charge >= 0.3 is 5.69 Å². The van der Waals surface area contributed by atoms with Crippen LogP contribution in [0.15, 0.2) is 24.5 Å². The average molecular weight is 277 g/mol. The molecule has 0 fully saturated rings. The molecule has 2 aromatic rings. The molecular weight excluding hydrogens is 266 g/mol. The normalized spacial score (nSPS) is 10.1. The molecule has 1 amide bonds. The van der Waals surface area contributed by atoms with Crippen molar-refractivity contribution in [3.8, 4) is 5.75 Å². The highest BCUT2D eigenvalue weighted by Crippen LogP contribution is 2.27. The number of hydrogen-bond donors (Lipinski definition) is 2. The number of aromatic nitrogens is 3. The van der Waals surface area contributed by atoms with E-state index in [0.29, 0.717) is 5.82 Å². The number of benzene rings is 1. The number of hydrogen-bond acceptors (Lipinski definition) is 6. The molecule has 1 aromatic carbocycles. The molecule has 2 rings (SSSR count). The molecule has 0 aliphatic heterocycles. The Labute approximate surface area is 113 Å². The van der Waals surface area contributed by atoms with Crippen molar-refractivity contribution in [1.29, 1.82) is 0 Å². The van der Waals surface area contributed by atoms with Gasteiger partial charge in [0.25, 0.3) is 5.91 Å². The minimum atomic E-state index is -0.574. The number of nitro benzene ring substituents is 1. The Balaban J connectivity index is 2.12. The molecule has 0 aliphatic carbocycles. The number of nitro groups is 1. The predicted molar refractivity (Wildman–Crippen MR) is 67.2 cm³/mol. The van der Waals surface area contributed by atoms with Crippen molar-refractivity contribution in [2.24, 2.45) is 0 Å². The topological polar surface area (TPSA) is 123 Å². The Kier molecular flexibility index (Phi) is 3.89. The molecule has 0 atom stereocenters. The van der Waals surface area contributed by atoms with Gasteiger partial charge in [0.05, 0.1) is 18.6 Å². The van der Waals surface area contributed by atoms with E-state index in [1.165, 1.54) is 31.6 Å². The van der Waals surface area contributed by atoms with Gasteiger partial charge in [-0.25, -0.2) is 4.98 Å². The fourth-order valence-corrected chi connectivity index (χ4v) is 1.55.